The molecule has 1 aromatic rings. The molecule has 0 amide bonds. The fourth-order valence-corrected chi connectivity index (χ4v) is 1.20. The highest BCUT2D eigenvalue weighted by Crippen LogP contribution is 2.20. The van der Waals surface area contributed by atoms with E-state index in [1.165, 1.54) is 6.07 Å². The summed E-state index contributed by atoms with van der Waals surface area (Å²) in [5.74, 6) is -1.62. The summed E-state index contributed by atoms with van der Waals surface area (Å²) in [6.45, 7) is 0.329. The molecule has 1 nitrogen and oxygen atoms in total. The highest BCUT2D eigenvalue weighted by molar-refractivity contribution is 9.10. The minimum Gasteiger partial charge on any atom is -0.316 e. The van der Waals surface area contributed by atoms with Gasteiger partial charge in [-0.15, -0.1) is 12.4 Å². The molecule has 0 saturated heterocycles. The van der Waals surface area contributed by atoms with E-state index in [0.717, 1.165) is 0 Å². The van der Waals surface area contributed by atoms with Gasteiger partial charge in [0.1, 0.15) is 0 Å². The molecule has 1 aromatic carbocycles. The molecule has 0 atom stereocenters. The largest absolute Gasteiger partial charge is 0.316 e. The van der Waals surface area contributed by atoms with Crippen molar-refractivity contribution in [2.45, 2.75) is 6.54 Å². The monoisotopic (exact) mass is 271 g/mol. The van der Waals surface area contributed by atoms with Crippen molar-refractivity contribution in [2.24, 2.45) is 0 Å². The Balaban J connectivity index is 0.00000144. The van der Waals surface area contributed by atoms with Gasteiger partial charge in [0.05, 0.1) is 4.47 Å². The lowest BCUT2D eigenvalue weighted by Gasteiger charge is -2.03. The standard InChI is InChI=1S/C8H8BrF2N.ClH/c1-12-4-5-2-3-6(9)8(11)7(5)10;/h2-3,12H,4H2,1H3;1H. The zero-order valence-corrected chi connectivity index (χ0v) is 9.31. The topological polar surface area (TPSA) is 12.0 Å². The molecule has 0 radical (unpaired) electrons. The second-order valence-corrected chi connectivity index (χ2v) is 3.22. The number of benzene rings is 1. The summed E-state index contributed by atoms with van der Waals surface area (Å²) in [6, 6.07) is 3.03. The average Bonchev–Trinajstić information content (AvgIpc) is 2.07. The van der Waals surface area contributed by atoms with E-state index >= 15 is 0 Å². The zero-order valence-electron chi connectivity index (χ0n) is 6.90. The summed E-state index contributed by atoms with van der Waals surface area (Å²) in [5.41, 5.74) is 0.332. The third-order valence-corrected chi connectivity index (χ3v) is 2.09. The smallest absolute Gasteiger partial charge is 0.173 e. The molecule has 5 heteroatoms. The molecule has 0 heterocycles. The van der Waals surface area contributed by atoms with Crippen LogP contribution >= 0.6 is 28.3 Å². The van der Waals surface area contributed by atoms with Crippen LogP contribution in [-0.2, 0) is 6.54 Å². The third kappa shape index (κ3) is 2.90. The van der Waals surface area contributed by atoms with E-state index in [1.54, 1.807) is 13.1 Å². The molecule has 0 saturated carbocycles. The first-order valence-electron chi connectivity index (χ1n) is 3.43. The number of nitrogens with one attached hydrogen (secondary N) is 1. The fourth-order valence-electron chi connectivity index (χ4n) is 0.893. The van der Waals surface area contributed by atoms with Crippen LogP contribution in [0, 0.1) is 11.6 Å². The molecule has 0 fully saturated rings. The van der Waals surface area contributed by atoms with E-state index in [1.807, 2.05) is 0 Å². The minimum atomic E-state index is -0.831. The van der Waals surface area contributed by atoms with E-state index < -0.39 is 11.6 Å². The van der Waals surface area contributed by atoms with Crippen molar-refractivity contribution in [3.05, 3.63) is 33.8 Å². The Morgan fingerprint density at radius 3 is 2.46 bits per heavy atom. The first-order valence-corrected chi connectivity index (χ1v) is 4.23. The highest BCUT2D eigenvalue weighted by atomic mass is 79.9. The Kier molecular flexibility index (Phi) is 5.44. The van der Waals surface area contributed by atoms with Crippen molar-refractivity contribution in [1.29, 1.82) is 0 Å². The first kappa shape index (κ1) is 12.8. The first-order chi connectivity index (χ1) is 5.66. The van der Waals surface area contributed by atoms with Crippen LogP contribution in [0.3, 0.4) is 0 Å². The van der Waals surface area contributed by atoms with Crippen LogP contribution in [0.4, 0.5) is 8.78 Å². The van der Waals surface area contributed by atoms with Crippen molar-refractivity contribution in [3.63, 3.8) is 0 Å². The van der Waals surface area contributed by atoms with Crippen LogP contribution in [0.25, 0.3) is 0 Å². The zero-order chi connectivity index (χ0) is 9.14. The van der Waals surface area contributed by atoms with Gasteiger partial charge in [-0.25, -0.2) is 8.78 Å². The summed E-state index contributed by atoms with van der Waals surface area (Å²) in [7, 11) is 1.68. The Morgan fingerprint density at radius 2 is 1.92 bits per heavy atom. The van der Waals surface area contributed by atoms with Gasteiger partial charge in [-0.2, -0.15) is 0 Å². The molecular formula is C8H9BrClF2N. The van der Waals surface area contributed by atoms with E-state index in [-0.39, 0.29) is 16.9 Å². The summed E-state index contributed by atoms with van der Waals surface area (Å²) < 4.78 is 26.0. The summed E-state index contributed by atoms with van der Waals surface area (Å²) >= 11 is 2.90. The van der Waals surface area contributed by atoms with E-state index in [4.69, 9.17) is 0 Å². The fraction of sp³-hybridized carbons (Fsp3) is 0.250. The molecular weight excluding hydrogens is 263 g/mol. The molecule has 1 rings (SSSR count). The number of hydrogen-bond acceptors (Lipinski definition) is 1. The molecule has 1 N–H and O–H groups in total. The normalized spacial score (nSPS) is 9.54. The van der Waals surface area contributed by atoms with Crippen LogP contribution in [0.1, 0.15) is 5.56 Å². The van der Waals surface area contributed by atoms with E-state index in [2.05, 4.69) is 21.2 Å². The van der Waals surface area contributed by atoms with Crippen LogP contribution in [0.15, 0.2) is 16.6 Å². The molecule has 0 unspecified atom stereocenters. The summed E-state index contributed by atoms with van der Waals surface area (Å²) in [5, 5.41) is 2.75. The Hall–Kier alpha value is -0.190. The van der Waals surface area contributed by atoms with Crippen molar-refractivity contribution in [1.82, 2.24) is 5.32 Å². The maximum Gasteiger partial charge on any atom is 0.173 e. The van der Waals surface area contributed by atoms with Crippen molar-refractivity contribution in [2.75, 3.05) is 7.05 Å². The van der Waals surface area contributed by atoms with E-state index in [9.17, 15) is 8.78 Å². The lowest BCUT2D eigenvalue weighted by molar-refractivity contribution is 0.491. The maximum atomic E-state index is 13.0. The van der Waals surface area contributed by atoms with Crippen molar-refractivity contribution in [3.8, 4) is 0 Å². The number of rotatable bonds is 2. The average molecular weight is 273 g/mol. The predicted molar refractivity (Wildman–Crippen MR) is 54.1 cm³/mol. The molecule has 0 spiro atoms. The van der Waals surface area contributed by atoms with Crippen LogP contribution in [-0.4, -0.2) is 7.05 Å². The molecule has 13 heavy (non-hydrogen) atoms. The Morgan fingerprint density at radius 1 is 1.31 bits per heavy atom. The molecule has 0 bridgehead atoms. The highest BCUT2D eigenvalue weighted by Gasteiger charge is 2.10. The lowest BCUT2D eigenvalue weighted by Crippen LogP contribution is -2.08. The quantitative estimate of drug-likeness (QED) is 0.816. The number of hydrogen-bond donors (Lipinski definition) is 1. The predicted octanol–water partition coefficient (Wildman–Crippen LogP) is 2.87. The van der Waals surface area contributed by atoms with Gasteiger partial charge < -0.3 is 5.32 Å². The minimum absolute atomic E-state index is 0. The van der Waals surface area contributed by atoms with Crippen molar-refractivity contribution < 1.29 is 8.78 Å². The molecule has 0 aliphatic carbocycles. The van der Waals surface area contributed by atoms with Gasteiger partial charge in [0.2, 0.25) is 0 Å². The van der Waals surface area contributed by atoms with Gasteiger partial charge in [0, 0.05) is 12.1 Å². The van der Waals surface area contributed by atoms with Crippen LogP contribution in [0.5, 0.6) is 0 Å². The molecule has 0 aliphatic heterocycles. The Bertz CT molecular complexity index is 294. The number of halogens is 4. The third-order valence-electron chi connectivity index (χ3n) is 1.48. The van der Waals surface area contributed by atoms with Crippen LogP contribution < -0.4 is 5.32 Å². The van der Waals surface area contributed by atoms with Gasteiger partial charge in [0.25, 0.3) is 0 Å². The van der Waals surface area contributed by atoms with E-state index in [0.29, 0.717) is 12.1 Å². The van der Waals surface area contributed by atoms with Gasteiger partial charge in [-0.1, -0.05) is 6.07 Å². The molecule has 74 valence electrons. The summed E-state index contributed by atoms with van der Waals surface area (Å²) in [4.78, 5) is 0. The van der Waals surface area contributed by atoms with Gasteiger partial charge >= 0.3 is 0 Å². The van der Waals surface area contributed by atoms with Gasteiger partial charge in [-0.3, -0.25) is 0 Å². The van der Waals surface area contributed by atoms with Crippen LogP contribution in [0.2, 0.25) is 0 Å². The molecule has 0 aromatic heterocycles. The molecule has 0 aliphatic rings. The van der Waals surface area contributed by atoms with Gasteiger partial charge in [-0.05, 0) is 29.0 Å². The summed E-state index contributed by atoms with van der Waals surface area (Å²) in [6.07, 6.45) is 0. The lowest BCUT2D eigenvalue weighted by atomic mass is 10.2. The maximum absolute atomic E-state index is 13.0. The Labute approximate surface area is 90.1 Å². The second-order valence-electron chi connectivity index (χ2n) is 2.36. The second kappa shape index (κ2) is 5.52. The van der Waals surface area contributed by atoms with Crippen molar-refractivity contribution >= 4 is 28.3 Å². The SMILES string of the molecule is CNCc1ccc(Br)c(F)c1F.Cl. The van der Waals surface area contributed by atoms with Gasteiger partial charge in [0.15, 0.2) is 11.6 Å².